The number of hydrogen-bond acceptors (Lipinski definition) is 5. The van der Waals surface area contributed by atoms with E-state index in [1.54, 1.807) is 4.68 Å². The van der Waals surface area contributed by atoms with Gasteiger partial charge in [-0.3, -0.25) is 9.48 Å². The summed E-state index contributed by atoms with van der Waals surface area (Å²) in [5.74, 6) is 2.25. The lowest BCUT2D eigenvalue weighted by Gasteiger charge is -2.34. The molecule has 7 heteroatoms. The maximum atomic E-state index is 12.4. The van der Waals surface area contributed by atoms with Crippen LogP contribution in [0.5, 0.6) is 0 Å². The van der Waals surface area contributed by atoms with Crippen LogP contribution in [0.15, 0.2) is 6.20 Å². The lowest BCUT2D eigenvalue weighted by atomic mass is 9.95. The standard InChI is InChI=1S/C19H28N6O/c1-19(2,3)18-22-15(14-10-20-24(4)16(14)23-18)21-13-6-5-9-25(11-13)17(26)12-7-8-12/h10,12-13H,5-9,11H2,1-4H3,(H,21,22,23)/t13-/m1/s1. The highest BCUT2D eigenvalue weighted by atomic mass is 16.2. The van der Waals surface area contributed by atoms with Crippen LogP contribution < -0.4 is 5.32 Å². The number of hydrogen-bond donors (Lipinski definition) is 1. The topological polar surface area (TPSA) is 75.9 Å². The molecule has 140 valence electrons. The molecular formula is C19H28N6O. The van der Waals surface area contributed by atoms with Gasteiger partial charge in [0.05, 0.1) is 11.6 Å². The van der Waals surface area contributed by atoms with Gasteiger partial charge in [0, 0.05) is 37.5 Å². The van der Waals surface area contributed by atoms with Crippen LogP contribution in [0.1, 0.15) is 52.3 Å². The molecule has 1 amide bonds. The Labute approximate surface area is 154 Å². The molecule has 0 bridgehead atoms. The van der Waals surface area contributed by atoms with Gasteiger partial charge in [0.25, 0.3) is 0 Å². The fourth-order valence-corrected chi connectivity index (χ4v) is 3.54. The fraction of sp³-hybridized carbons (Fsp3) is 0.684. The van der Waals surface area contributed by atoms with Crippen molar-refractivity contribution in [2.45, 2.75) is 57.9 Å². The molecule has 4 rings (SSSR count). The summed E-state index contributed by atoms with van der Waals surface area (Å²) < 4.78 is 1.79. The van der Waals surface area contributed by atoms with Crippen molar-refractivity contribution in [2.24, 2.45) is 13.0 Å². The Balaban J connectivity index is 1.60. The summed E-state index contributed by atoms with van der Waals surface area (Å²) in [6, 6.07) is 0.220. The zero-order valence-corrected chi connectivity index (χ0v) is 16.1. The summed E-state index contributed by atoms with van der Waals surface area (Å²) in [5, 5.41) is 8.89. The largest absolute Gasteiger partial charge is 0.365 e. The van der Waals surface area contributed by atoms with Crippen molar-refractivity contribution in [2.75, 3.05) is 18.4 Å². The Kier molecular flexibility index (Phi) is 4.12. The molecule has 26 heavy (non-hydrogen) atoms. The first kappa shape index (κ1) is 17.2. The number of nitrogens with one attached hydrogen (secondary N) is 1. The second-order valence-corrected chi connectivity index (χ2v) is 8.69. The number of carbonyl (C=O) groups is 1. The van der Waals surface area contributed by atoms with Crippen LogP contribution in [-0.2, 0) is 17.3 Å². The predicted molar refractivity (Wildman–Crippen MR) is 101 cm³/mol. The Bertz CT molecular complexity index is 832. The molecule has 1 N–H and O–H groups in total. The second-order valence-electron chi connectivity index (χ2n) is 8.69. The Morgan fingerprint density at radius 2 is 2.00 bits per heavy atom. The molecule has 1 saturated heterocycles. The second kappa shape index (κ2) is 6.21. The molecule has 3 heterocycles. The first-order chi connectivity index (χ1) is 12.3. The maximum absolute atomic E-state index is 12.4. The quantitative estimate of drug-likeness (QED) is 0.914. The summed E-state index contributed by atoms with van der Waals surface area (Å²) in [4.78, 5) is 24.0. The predicted octanol–water partition coefficient (Wildman–Crippen LogP) is 2.47. The first-order valence-corrected chi connectivity index (χ1v) is 9.58. The van der Waals surface area contributed by atoms with E-state index in [9.17, 15) is 4.79 Å². The zero-order valence-electron chi connectivity index (χ0n) is 16.1. The SMILES string of the molecule is Cn1ncc2c(N[C@@H]3CCCN(C(=O)C4CC4)C3)nc(C(C)(C)C)nc21. The van der Waals surface area contributed by atoms with Crippen LogP contribution >= 0.6 is 0 Å². The highest BCUT2D eigenvalue weighted by Gasteiger charge is 2.35. The van der Waals surface area contributed by atoms with Crippen molar-refractivity contribution >= 4 is 22.8 Å². The van der Waals surface area contributed by atoms with Crippen LogP contribution in [-0.4, -0.2) is 49.7 Å². The number of amides is 1. The summed E-state index contributed by atoms with van der Waals surface area (Å²) in [6.07, 6.45) is 6.02. The third-order valence-corrected chi connectivity index (χ3v) is 5.26. The number of fused-ring (bicyclic) bond motifs is 1. The van der Waals surface area contributed by atoms with Crippen molar-refractivity contribution < 1.29 is 4.79 Å². The molecule has 1 atom stereocenters. The van der Waals surface area contributed by atoms with E-state index in [1.165, 1.54) is 0 Å². The molecule has 0 radical (unpaired) electrons. The summed E-state index contributed by atoms with van der Waals surface area (Å²) in [7, 11) is 1.90. The van der Waals surface area contributed by atoms with E-state index in [0.29, 0.717) is 5.91 Å². The molecule has 0 unspecified atom stereocenters. The molecule has 2 aromatic rings. The van der Waals surface area contributed by atoms with Crippen molar-refractivity contribution in [3.05, 3.63) is 12.0 Å². The van der Waals surface area contributed by atoms with E-state index >= 15 is 0 Å². The molecule has 2 aliphatic rings. The first-order valence-electron chi connectivity index (χ1n) is 9.58. The van der Waals surface area contributed by atoms with E-state index in [-0.39, 0.29) is 17.4 Å². The number of nitrogens with zero attached hydrogens (tertiary/aromatic N) is 5. The number of aromatic nitrogens is 4. The Morgan fingerprint density at radius 1 is 1.23 bits per heavy atom. The highest BCUT2D eigenvalue weighted by molar-refractivity contribution is 5.86. The molecule has 0 aromatic carbocycles. The average molecular weight is 356 g/mol. The molecule has 2 fully saturated rings. The van der Waals surface area contributed by atoms with Gasteiger partial charge >= 0.3 is 0 Å². The van der Waals surface area contributed by atoms with E-state index in [4.69, 9.17) is 9.97 Å². The van der Waals surface area contributed by atoms with E-state index < -0.39 is 0 Å². The van der Waals surface area contributed by atoms with Gasteiger partial charge in [-0.2, -0.15) is 5.10 Å². The van der Waals surface area contributed by atoms with Crippen LogP contribution in [0.3, 0.4) is 0 Å². The van der Waals surface area contributed by atoms with Gasteiger partial charge in [0.15, 0.2) is 5.65 Å². The molecule has 1 saturated carbocycles. The molecule has 7 nitrogen and oxygen atoms in total. The third-order valence-electron chi connectivity index (χ3n) is 5.26. The van der Waals surface area contributed by atoms with Gasteiger partial charge in [-0.1, -0.05) is 20.8 Å². The van der Waals surface area contributed by atoms with Crippen molar-refractivity contribution in [3.63, 3.8) is 0 Å². The minimum Gasteiger partial charge on any atom is -0.365 e. The normalized spacial score (nSPS) is 21.2. The Hall–Kier alpha value is -2.18. The van der Waals surface area contributed by atoms with Gasteiger partial charge in [-0.15, -0.1) is 0 Å². The number of carbonyl (C=O) groups excluding carboxylic acids is 1. The highest BCUT2D eigenvalue weighted by Crippen LogP contribution is 2.32. The number of anilines is 1. The van der Waals surface area contributed by atoms with Gasteiger partial charge in [0.2, 0.25) is 5.91 Å². The number of likely N-dealkylation sites (tertiary alicyclic amines) is 1. The summed E-state index contributed by atoms with van der Waals surface area (Å²) in [5.41, 5.74) is 0.698. The fourth-order valence-electron chi connectivity index (χ4n) is 3.54. The van der Waals surface area contributed by atoms with E-state index in [2.05, 4.69) is 31.2 Å². The zero-order chi connectivity index (χ0) is 18.5. The summed E-state index contributed by atoms with van der Waals surface area (Å²) >= 11 is 0. The van der Waals surface area contributed by atoms with Gasteiger partial charge in [0.1, 0.15) is 11.6 Å². The third kappa shape index (κ3) is 3.27. The van der Waals surface area contributed by atoms with Gasteiger partial charge in [-0.25, -0.2) is 9.97 Å². The van der Waals surface area contributed by atoms with Crippen molar-refractivity contribution in [1.82, 2.24) is 24.6 Å². The van der Waals surface area contributed by atoms with E-state index in [1.807, 2.05) is 18.1 Å². The van der Waals surface area contributed by atoms with Crippen LogP contribution in [0.4, 0.5) is 5.82 Å². The van der Waals surface area contributed by atoms with Crippen LogP contribution in [0.25, 0.3) is 11.0 Å². The Morgan fingerprint density at radius 3 is 2.69 bits per heavy atom. The molecule has 2 aromatic heterocycles. The molecular weight excluding hydrogens is 328 g/mol. The van der Waals surface area contributed by atoms with Gasteiger partial charge in [-0.05, 0) is 25.7 Å². The van der Waals surface area contributed by atoms with Crippen LogP contribution in [0, 0.1) is 5.92 Å². The maximum Gasteiger partial charge on any atom is 0.225 e. The molecule has 1 aliphatic heterocycles. The summed E-state index contributed by atoms with van der Waals surface area (Å²) in [6.45, 7) is 7.99. The molecule has 0 spiro atoms. The lowest BCUT2D eigenvalue weighted by molar-refractivity contribution is -0.133. The average Bonchev–Trinajstić information content (AvgIpc) is 3.37. The van der Waals surface area contributed by atoms with E-state index in [0.717, 1.165) is 61.4 Å². The monoisotopic (exact) mass is 356 g/mol. The lowest BCUT2D eigenvalue weighted by Crippen LogP contribution is -2.45. The number of aryl methyl sites for hydroxylation is 1. The minimum atomic E-state index is -0.143. The van der Waals surface area contributed by atoms with Crippen LogP contribution in [0.2, 0.25) is 0 Å². The van der Waals surface area contributed by atoms with Crippen molar-refractivity contribution in [1.29, 1.82) is 0 Å². The number of piperidine rings is 1. The molecule has 1 aliphatic carbocycles. The minimum absolute atomic E-state index is 0.143. The number of rotatable bonds is 3. The van der Waals surface area contributed by atoms with Gasteiger partial charge < -0.3 is 10.2 Å². The smallest absolute Gasteiger partial charge is 0.225 e. The van der Waals surface area contributed by atoms with Crippen molar-refractivity contribution in [3.8, 4) is 0 Å².